The molecule has 0 radical (unpaired) electrons. The van der Waals surface area contributed by atoms with Crippen molar-refractivity contribution in [2.24, 2.45) is 0 Å². The highest BCUT2D eigenvalue weighted by Gasteiger charge is 2.02. The van der Waals surface area contributed by atoms with Crippen LogP contribution in [0.3, 0.4) is 0 Å². The molecule has 0 spiro atoms. The molecule has 3 rings (SSSR count). The Bertz CT molecular complexity index is 848. The Morgan fingerprint density at radius 2 is 1.38 bits per heavy atom. The van der Waals surface area contributed by atoms with E-state index in [0.29, 0.717) is 17.2 Å². The first-order valence-corrected chi connectivity index (χ1v) is 7.33. The lowest BCUT2D eigenvalue weighted by atomic mass is 10.1. The van der Waals surface area contributed by atoms with Gasteiger partial charge in [-0.3, -0.25) is 4.79 Å². The van der Waals surface area contributed by atoms with Crippen LogP contribution in [0.2, 0.25) is 0 Å². The lowest BCUT2D eigenvalue weighted by Gasteiger charge is -2.09. The van der Waals surface area contributed by atoms with Crippen molar-refractivity contribution < 1.29 is 9.18 Å². The Kier molecular flexibility index (Phi) is 4.47. The molecule has 0 bridgehead atoms. The molecule has 0 aliphatic rings. The summed E-state index contributed by atoms with van der Waals surface area (Å²) in [5, 5.41) is 6.22. The van der Waals surface area contributed by atoms with Gasteiger partial charge < -0.3 is 10.6 Å². The van der Waals surface area contributed by atoms with Crippen LogP contribution in [0.5, 0.6) is 0 Å². The number of ketones is 1. The Morgan fingerprint density at radius 1 is 0.875 bits per heavy atom. The summed E-state index contributed by atoms with van der Waals surface area (Å²) < 4.78 is 12.9. The van der Waals surface area contributed by atoms with E-state index in [1.165, 1.54) is 25.4 Å². The zero-order valence-electron chi connectivity index (χ0n) is 13.0. The van der Waals surface area contributed by atoms with Crippen molar-refractivity contribution in [2.75, 3.05) is 10.6 Å². The number of carbonyl (C=O) groups is 1. The highest BCUT2D eigenvalue weighted by molar-refractivity contribution is 5.94. The minimum atomic E-state index is -0.292. The van der Waals surface area contributed by atoms with Gasteiger partial charge in [0.1, 0.15) is 23.8 Å². The van der Waals surface area contributed by atoms with Gasteiger partial charge in [-0.25, -0.2) is 14.4 Å². The number of Topliss-reactive ketones (excluding diaryl/α,β-unsaturated/α-hetero) is 1. The van der Waals surface area contributed by atoms with Crippen molar-refractivity contribution in [3.8, 4) is 0 Å². The monoisotopic (exact) mass is 322 g/mol. The summed E-state index contributed by atoms with van der Waals surface area (Å²) in [6, 6.07) is 14.9. The Morgan fingerprint density at radius 3 is 1.88 bits per heavy atom. The molecule has 120 valence electrons. The molecule has 0 aliphatic carbocycles. The lowest BCUT2D eigenvalue weighted by Crippen LogP contribution is -1.99. The predicted octanol–water partition coefficient (Wildman–Crippen LogP) is 4.31. The maximum atomic E-state index is 12.9. The van der Waals surface area contributed by atoms with E-state index in [-0.39, 0.29) is 11.6 Å². The fourth-order valence-corrected chi connectivity index (χ4v) is 2.11. The van der Waals surface area contributed by atoms with Gasteiger partial charge >= 0.3 is 0 Å². The van der Waals surface area contributed by atoms with Gasteiger partial charge in [-0.05, 0) is 55.5 Å². The largest absolute Gasteiger partial charge is 0.340 e. The second kappa shape index (κ2) is 6.87. The zero-order chi connectivity index (χ0) is 16.9. The summed E-state index contributed by atoms with van der Waals surface area (Å²) in [6.45, 7) is 1.53. The summed E-state index contributed by atoms with van der Waals surface area (Å²) in [5.41, 5.74) is 2.19. The summed E-state index contributed by atoms with van der Waals surface area (Å²) in [6.07, 6.45) is 1.43. The standard InChI is InChI=1S/C18H15FN4O/c1-12(24)13-2-6-15(7-3-13)22-17-10-18(21-11-20-17)23-16-8-4-14(19)5-9-16/h2-11H,1H3,(H2,20,21,22,23). The summed E-state index contributed by atoms with van der Waals surface area (Å²) >= 11 is 0. The van der Waals surface area contributed by atoms with Crippen molar-refractivity contribution in [1.29, 1.82) is 0 Å². The molecular weight excluding hydrogens is 307 g/mol. The summed E-state index contributed by atoms with van der Waals surface area (Å²) in [5.74, 6) is 0.915. The van der Waals surface area contributed by atoms with Crippen LogP contribution in [0, 0.1) is 5.82 Å². The van der Waals surface area contributed by atoms with Crippen LogP contribution in [0.4, 0.5) is 27.4 Å². The molecule has 2 N–H and O–H groups in total. The van der Waals surface area contributed by atoms with Gasteiger partial charge in [-0.1, -0.05) is 0 Å². The topological polar surface area (TPSA) is 66.9 Å². The van der Waals surface area contributed by atoms with E-state index in [4.69, 9.17) is 0 Å². The van der Waals surface area contributed by atoms with E-state index < -0.39 is 0 Å². The first-order valence-electron chi connectivity index (χ1n) is 7.33. The van der Waals surface area contributed by atoms with Crippen LogP contribution in [0.1, 0.15) is 17.3 Å². The van der Waals surface area contributed by atoms with Gasteiger partial charge in [-0.15, -0.1) is 0 Å². The van der Waals surface area contributed by atoms with E-state index in [1.54, 1.807) is 30.3 Å². The SMILES string of the molecule is CC(=O)c1ccc(Nc2cc(Nc3ccc(F)cc3)ncn2)cc1. The molecule has 2 aromatic carbocycles. The number of anilines is 4. The van der Waals surface area contributed by atoms with Crippen molar-refractivity contribution >= 4 is 28.8 Å². The van der Waals surface area contributed by atoms with Crippen molar-refractivity contribution in [1.82, 2.24) is 9.97 Å². The molecule has 0 atom stereocenters. The normalized spacial score (nSPS) is 10.2. The molecule has 0 saturated carbocycles. The first kappa shape index (κ1) is 15.6. The second-order valence-corrected chi connectivity index (χ2v) is 5.18. The second-order valence-electron chi connectivity index (χ2n) is 5.18. The third-order valence-electron chi connectivity index (χ3n) is 3.35. The van der Waals surface area contributed by atoms with Gasteiger partial charge in [0.25, 0.3) is 0 Å². The highest BCUT2D eigenvalue weighted by Crippen LogP contribution is 2.20. The van der Waals surface area contributed by atoms with E-state index in [2.05, 4.69) is 20.6 Å². The maximum absolute atomic E-state index is 12.9. The molecule has 1 heterocycles. The smallest absolute Gasteiger partial charge is 0.159 e. The third kappa shape index (κ3) is 3.92. The first-order chi connectivity index (χ1) is 11.6. The molecule has 0 unspecified atom stereocenters. The number of hydrogen-bond acceptors (Lipinski definition) is 5. The fraction of sp³-hybridized carbons (Fsp3) is 0.0556. The van der Waals surface area contributed by atoms with Crippen LogP contribution < -0.4 is 10.6 Å². The number of aromatic nitrogens is 2. The third-order valence-corrected chi connectivity index (χ3v) is 3.35. The molecule has 6 heteroatoms. The average Bonchev–Trinajstić information content (AvgIpc) is 2.58. The van der Waals surface area contributed by atoms with Crippen LogP contribution in [-0.2, 0) is 0 Å². The van der Waals surface area contributed by atoms with Crippen LogP contribution in [0.15, 0.2) is 60.9 Å². The van der Waals surface area contributed by atoms with E-state index >= 15 is 0 Å². The molecule has 0 aliphatic heterocycles. The van der Waals surface area contributed by atoms with Gasteiger partial charge in [0.05, 0.1) is 0 Å². The van der Waals surface area contributed by atoms with Crippen molar-refractivity contribution in [3.05, 3.63) is 72.3 Å². The number of rotatable bonds is 5. The molecule has 0 amide bonds. The van der Waals surface area contributed by atoms with Crippen molar-refractivity contribution in [3.63, 3.8) is 0 Å². The Balaban J connectivity index is 1.72. The Labute approximate surface area is 138 Å². The Hall–Kier alpha value is -3.28. The molecule has 1 aromatic heterocycles. The molecule has 0 fully saturated rings. The van der Waals surface area contributed by atoms with E-state index in [9.17, 15) is 9.18 Å². The van der Waals surface area contributed by atoms with Gasteiger partial charge in [0.15, 0.2) is 5.78 Å². The molecule has 3 aromatic rings. The molecule has 5 nitrogen and oxygen atoms in total. The van der Waals surface area contributed by atoms with Gasteiger partial charge in [-0.2, -0.15) is 0 Å². The predicted molar refractivity (Wildman–Crippen MR) is 91.4 cm³/mol. The number of nitrogens with one attached hydrogen (secondary N) is 2. The molecule has 24 heavy (non-hydrogen) atoms. The number of benzene rings is 2. The van der Waals surface area contributed by atoms with E-state index in [1.807, 2.05) is 12.1 Å². The number of hydrogen-bond donors (Lipinski definition) is 2. The number of nitrogens with zero attached hydrogens (tertiary/aromatic N) is 2. The fourth-order valence-electron chi connectivity index (χ4n) is 2.11. The number of carbonyl (C=O) groups excluding carboxylic acids is 1. The van der Waals surface area contributed by atoms with Crippen LogP contribution >= 0.6 is 0 Å². The minimum absolute atomic E-state index is 0.0226. The minimum Gasteiger partial charge on any atom is -0.340 e. The summed E-state index contributed by atoms with van der Waals surface area (Å²) in [7, 11) is 0. The zero-order valence-corrected chi connectivity index (χ0v) is 13.0. The average molecular weight is 322 g/mol. The van der Waals surface area contributed by atoms with Crippen LogP contribution in [-0.4, -0.2) is 15.8 Å². The highest BCUT2D eigenvalue weighted by atomic mass is 19.1. The van der Waals surface area contributed by atoms with Crippen LogP contribution in [0.25, 0.3) is 0 Å². The molecule has 0 saturated heterocycles. The quantitative estimate of drug-likeness (QED) is 0.685. The molecular formula is C18H15FN4O. The van der Waals surface area contributed by atoms with Gasteiger partial charge in [0, 0.05) is 23.0 Å². The van der Waals surface area contributed by atoms with Gasteiger partial charge in [0.2, 0.25) is 0 Å². The summed E-state index contributed by atoms with van der Waals surface area (Å²) in [4.78, 5) is 19.6. The maximum Gasteiger partial charge on any atom is 0.159 e. The van der Waals surface area contributed by atoms with Crippen molar-refractivity contribution in [2.45, 2.75) is 6.92 Å². The van der Waals surface area contributed by atoms with E-state index in [0.717, 1.165) is 11.4 Å². The number of halogens is 1. The lowest BCUT2D eigenvalue weighted by molar-refractivity contribution is 0.101.